The predicted molar refractivity (Wildman–Crippen MR) is 133 cm³/mol. The van der Waals surface area contributed by atoms with Crippen LogP contribution in [0, 0.1) is 0 Å². The highest BCUT2D eigenvalue weighted by molar-refractivity contribution is 5.99. The summed E-state index contributed by atoms with van der Waals surface area (Å²) in [6.07, 6.45) is 1.26. The molecule has 0 fully saturated rings. The highest BCUT2D eigenvalue weighted by Gasteiger charge is 2.17. The maximum absolute atomic E-state index is 12.6. The van der Waals surface area contributed by atoms with Gasteiger partial charge in [-0.1, -0.05) is 54.6 Å². The number of pyridine rings is 1. The van der Waals surface area contributed by atoms with Gasteiger partial charge in [0.2, 0.25) is 17.2 Å². The molecule has 8 heteroatoms. The molecule has 8 nitrogen and oxygen atoms in total. The van der Waals surface area contributed by atoms with Crippen LogP contribution in [0.4, 0.5) is 5.69 Å². The second kappa shape index (κ2) is 10.0. The molecule has 0 saturated carbocycles. The molecular weight excluding hydrogens is 446 g/mol. The molecule has 0 aliphatic carbocycles. The Balaban J connectivity index is 1.38. The van der Waals surface area contributed by atoms with Crippen molar-refractivity contribution in [2.24, 2.45) is 0 Å². The Labute approximate surface area is 200 Å². The molecule has 4 N–H and O–H groups in total. The van der Waals surface area contributed by atoms with E-state index in [9.17, 15) is 19.2 Å². The molecule has 176 valence electrons. The van der Waals surface area contributed by atoms with Gasteiger partial charge < -0.3 is 20.7 Å². The minimum Gasteiger partial charge on any atom is -0.477 e. The minimum atomic E-state index is -1.34. The van der Waals surface area contributed by atoms with Gasteiger partial charge in [-0.2, -0.15) is 0 Å². The molecule has 2 amide bonds. The topological polar surface area (TPSA) is 128 Å². The molecule has 1 atom stereocenters. The van der Waals surface area contributed by atoms with E-state index in [2.05, 4.69) is 15.6 Å². The highest BCUT2D eigenvalue weighted by Crippen LogP contribution is 2.19. The predicted octanol–water partition coefficient (Wildman–Crippen LogP) is 3.58. The standard InChI is InChI=1S/C27H23N3O5/c1-16(29-24(31)13-17-7-9-19(10-8-17)18-5-3-2-4-6-18)26(33)30-20-11-12-23-21(14-20)25(32)22(15-28-23)27(34)35/h2-12,14-16H,13H2,1H3,(H,28,32)(H,29,31)(H,30,33)(H,34,35)/t16-/m0/s1. The van der Waals surface area contributed by atoms with Gasteiger partial charge in [0.1, 0.15) is 11.6 Å². The van der Waals surface area contributed by atoms with Crippen molar-refractivity contribution in [3.05, 3.63) is 100 Å². The highest BCUT2D eigenvalue weighted by atomic mass is 16.4. The third-order valence-corrected chi connectivity index (χ3v) is 5.58. The SMILES string of the molecule is C[C@H](NC(=O)Cc1ccc(-c2ccccc2)cc1)C(=O)Nc1ccc2[nH]cc(C(=O)O)c(=O)c2c1. The van der Waals surface area contributed by atoms with Gasteiger partial charge in [0.15, 0.2) is 0 Å². The number of H-pyrrole nitrogens is 1. The Morgan fingerprint density at radius 3 is 2.31 bits per heavy atom. The summed E-state index contributed by atoms with van der Waals surface area (Å²) in [4.78, 5) is 51.4. The molecule has 35 heavy (non-hydrogen) atoms. The number of aromatic nitrogens is 1. The van der Waals surface area contributed by atoms with Gasteiger partial charge in [0, 0.05) is 22.8 Å². The average Bonchev–Trinajstić information content (AvgIpc) is 2.85. The van der Waals surface area contributed by atoms with Crippen molar-refractivity contribution in [2.45, 2.75) is 19.4 Å². The molecule has 0 spiro atoms. The maximum Gasteiger partial charge on any atom is 0.341 e. The number of rotatable bonds is 7. The Bertz CT molecular complexity index is 1460. The van der Waals surface area contributed by atoms with E-state index in [-0.39, 0.29) is 17.7 Å². The van der Waals surface area contributed by atoms with Gasteiger partial charge in [0.05, 0.1) is 6.42 Å². The lowest BCUT2D eigenvalue weighted by Gasteiger charge is -2.15. The second-order valence-corrected chi connectivity index (χ2v) is 8.12. The number of amides is 2. The Morgan fingerprint density at radius 1 is 0.943 bits per heavy atom. The lowest BCUT2D eigenvalue weighted by Crippen LogP contribution is -2.42. The average molecular weight is 469 g/mol. The molecule has 4 rings (SSSR count). The van der Waals surface area contributed by atoms with E-state index in [1.54, 1.807) is 19.1 Å². The van der Waals surface area contributed by atoms with Crippen LogP contribution < -0.4 is 16.1 Å². The van der Waals surface area contributed by atoms with Crippen LogP contribution in [0.2, 0.25) is 0 Å². The molecule has 1 aromatic heterocycles. The van der Waals surface area contributed by atoms with Crippen molar-refractivity contribution >= 4 is 34.4 Å². The second-order valence-electron chi connectivity index (χ2n) is 8.12. The summed E-state index contributed by atoms with van der Waals surface area (Å²) >= 11 is 0. The van der Waals surface area contributed by atoms with Gasteiger partial charge in [-0.25, -0.2) is 4.79 Å². The van der Waals surface area contributed by atoms with E-state index in [1.807, 2.05) is 54.6 Å². The smallest absolute Gasteiger partial charge is 0.341 e. The molecular formula is C27H23N3O5. The Morgan fingerprint density at radius 2 is 1.63 bits per heavy atom. The van der Waals surface area contributed by atoms with Crippen molar-refractivity contribution in [1.82, 2.24) is 10.3 Å². The number of aromatic amines is 1. The van der Waals surface area contributed by atoms with Crippen molar-refractivity contribution in [3.8, 4) is 11.1 Å². The van der Waals surface area contributed by atoms with E-state index in [4.69, 9.17) is 5.11 Å². The number of carboxylic acids is 1. The number of anilines is 1. The molecule has 0 radical (unpaired) electrons. The van der Waals surface area contributed by atoms with Crippen LogP contribution in [0.25, 0.3) is 22.0 Å². The number of carbonyl (C=O) groups excluding carboxylic acids is 2. The first-order valence-electron chi connectivity index (χ1n) is 10.9. The summed E-state index contributed by atoms with van der Waals surface area (Å²) in [6.45, 7) is 1.56. The number of carbonyl (C=O) groups is 3. The van der Waals surface area contributed by atoms with Crippen LogP contribution in [0.1, 0.15) is 22.8 Å². The van der Waals surface area contributed by atoms with E-state index in [1.165, 1.54) is 6.07 Å². The van der Waals surface area contributed by atoms with E-state index < -0.39 is 28.9 Å². The van der Waals surface area contributed by atoms with Crippen molar-refractivity contribution in [1.29, 1.82) is 0 Å². The zero-order chi connectivity index (χ0) is 24.9. The molecule has 0 aliphatic rings. The van der Waals surface area contributed by atoms with Crippen LogP contribution in [0.15, 0.2) is 83.8 Å². The first-order valence-corrected chi connectivity index (χ1v) is 10.9. The Hall–Kier alpha value is -4.72. The molecule has 1 heterocycles. The van der Waals surface area contributed by atoms with Crippen LogP contribution >= 0.6 is 0 Å². The van der Waals surface area contributed by atoms with E-state index >= 15 is 0 Å². The number of hydrogen-bond acceptors (Lipinski definition) is 4. The van der Waals surface area contributed by atoms with Crippen LogP contribution in [0.3, 0.4) is 0 Å². The fraction of sp³-hybridized carbons (Fsp3) is 0.111. The van der Waals surface area contributed by atoms with E-state index in [0.29, 0.717) is 11.2 Å². The van der Waals surface area contributed by atoms with Crippen LogP contribution in [0.5, 0.6) is 0 Å². The van der Waals surface area contributed by atoms with Gasteiger partial charge in [-0.3, -0.25) is 14.4 Å². The number of nitrogens with one attached hydrogen (secondary N) is 3. The Kier molecular flexibility index (Phi) is 6.73. The third kappa shape index (κ3) is 5.44. The van der Waals surface area contributed by atoms with Gasteiger partial charge in [-0.15, -0.1) is 0 Å². The summed E-state index contributed by atoms with van der Waals surface area (Å²) in [7, 11) is 0. The van der Waals surface area contributed by atoms with Crippen LogP contribution in [-0.4, -0.2) is 33.9 Å². The number of benzene rings is 3. The largest absolute Gasteiger partial charge is 0.477 e. The number of fused-ring (bicyclic) bond motifs is 1. The molecule has 0 unspecified atom stereocenters. The molecule has 0 aliphatic heterocycles. The molecule has 3 aromatic carbocycles. The number of carboxylic acid groups (broad SMARTS) is 1. The summed E-state index contributed by atoms with van der Waals surface area (Å²) in [6, 6.07) is 21.3. The summed E-state index contributed by atoms with van der Waals surface area (Å²) in [5.74, 6) is -2.11. The van der Waals surface area contributed by atoms with Gasteiger partial charge >= 0.3 is 5.97 Å². The third-order valence-electron chi connectivity index (χ3n) is 5.58. The monoisotopic (exact) mass is 469 g/mol. The zero-order valence-corrected chi connectivity index (χ0v) is 18.9. The first kappa shape index (κ1) is 23.4. The lowest BCUT2D eigenvalue weighted by atomic mass is 10.0. The summed E-state index contributed by atoms with van der Waals surface area (Å²) < 4.78 is 0. The molecule has 0 bridgehead atoms. The van der Waals surface area contributed by atoms with Crippen molar-refractivity contribution < 1.29 is 19.5 Å². The molecule has 0 saturated heterocycles. The zero-order valence-electron chi connectivity index (χ0n) is 18.9. The van der Waals surface area contributed by atoms with Crippen LogP contribution in [-0.2, 0) is 16.0 Å². The van der Waals surface area contributed by atoms with Gasteiger partial charge in [0.25, 0.3) is 0 Å². The maximum atomic E-state index is 12.6. The molecule has 4 aromatic rings. The van der Waals surface area contributed by atoms with Gasteiger partial charge in [-0.05, 0) is 41.8 Å². The normalized spacial score (nSPS) is 11.6. The first-order chi connectivity index (χ1) is 16.8. The fourth-order valence-electron chi connectivity index (χ4n) is 3.69. The minimum absolute atomic E-state index is 0.121. The lowest BCUT2D eigenvalue weighted by molar-refractivity contribution is -0.125. The van der Waals surface area contributed by atoms with Crippen molar-refractivity contribution in [3.63, 3.8) is 0 Å². The van der Waals surface area contributed by atoms with E-state index in [0.717, 1.165) is 22.9 Å². The van der Waals surface area contributed by atoms with Crippen molar-refractivity contribution in [2.75, 3.05) is 5.32 Å². The number of hydrogen-bond donors (Lipinski definition) is 4. The quantitative estimate of drug-likeness (QED) is 0.329. The summed E-state index contributed by atoms with van der Waals surface area (Å²) in [5.41, 5.74) is 2.67. The summed E-state index contributed by atoms with van der Waals surface area (Å²) in [5, 5.41) is 14.6. The fourth-order valence-corrected chi connectivity index (χ4v) is 3.69. The number of aromatic carboxylic acids is 1.